The van der Waals surface area contributed by atoms with Gasteiger partial charge < -0.3 is 10.2 Å². The number of carbonyl (C=O) groups is 1. The van der Waals surface area contributed by atoms with Crippen LogP contribution in [0.25, 0.3) is 0 Å². The van der Waals surface area contributed by atoms with Crippen LogP contribution < -0.4 is 5.32 Å². The van der Waals surface area contributed by atoms with Gasteiger partial charge in [0.2, 0.25) is 5.91 Å². The maximum absolute atomic E-state index is 12.1. The Kier molecular flexibility index (Phi) is 3.77. The SMILES string of the molecule is CC1NCCC1C(=O)N(C)CC(C)(C)C. The molecule has 0 aromatic rings. The number of hydrogen-bond acceptors (Lipinski definition) is 2. The maximum atomic E-state index is 12.1. The predicted molar refractivity (Wildman–Crippen MR) is 62.7 cm³/mol. The summed E-state index contributed by atoms with van der Waals surface area (Å²) in [6, 6.07) is 0.333. The average Bonchev–Trinajstić information content (AvgIpc) is 2.47. The molecular formula is C12H24N2O. The zero-order chi connectivity index (χ0) is 11.6. The van der Waals surface area contributed by atoms with E-state index < -0.39 is 0 Å². The Morgan fingerprint density at radius 1 is 1.47 bits per heavy atom. The van der Waals surface area contributed by atoms with Gasteiger partial charge in [-0.15, -0.1) is 0 Å². The smallest absolute Gasteiger partial charge is 0.227 e. The third kappa shape index (κ3) is 3.49. The van der Waals surface area contributed by atoms with Crippen LogP contribution in [0.4, 0.5) is 0 Å². The van der Waals surface area contributed by atoms with Gasteiger partial charge in [0.15, 0.2) is 0 Å². The van der Waals surface area contributed by atoms with E-state index >= 15 is 0 Å². The van der Waals surface area contributed by atoms with Gasteiger partial charge in [0.05, 0.1) is 5.92 Å². The van der Waals surface area contributed by atoms with Gasteiger partial charge in [0.1, 0.15) is 0 Å². The highest BCUT2D eigenvalue weighted by molar-refractivity contribution is 5.79. The fraction of sp³-hybridized carbons (Fsp3) is 0.917. The second-order valence-electron chi connectivity index (χ2n) is 5.89. The molecule has 1 amide bonds. The Bertz CT molecular complexity index is 232. The molecule has 1 heterocycles. The summed E-state index contributed by atoms with van der Waals surface area (Å²) in [6.07, 6.45) is 0.981. The summed E-state index contributed by atoms with van der Waals surface area (Å²) in [5.41, 5.74) is 0.180. The van der Waals surface area contributed by atoms with E-state index in [2.05, 4.69) is 33.0 Å². The number of hydrogen-bond donors (Lipinski definition) is 1. The molecule has 0 aromatic carbocycles. The number of carbonyl (C=O) groups excluding carboxylic acids is 1. The van der Waals surface area contributed by atoms with Crippen LogP contribution in [0.3, 0.4) is 0 Å². The lowest BCUT2D eigenvalue weighted by molar-refractivity contribution is -0.135. The summed E-state index contributed by atoms with van der Waals surface area (Å²) in [4.78, 5) is 14.0. The van der Waals surface area contributed by atoms with Crippen molar-refractivity contribution in [3.8, 4) is 0 Å². The first-order valence-corrected chi connectivity index (χ1v) is 5.79. The molecule has 0 bridgehead atoms. The minimum Gasteiger partial charge on any atom is -0.345 e. The Labute approximate surface area is 93.2 Å². The van der Waals surface area contributed by atoms with E-state index in [-0.39, 0.29) is 11.3 Å². The van der Waals surface area contributed by atoms with E-state index in [4.69, 9.17) is 0 Å². The summed E-state index contributed by atoms with van der Waals surface area (Å²) in [7, 11) is 1.92. The Hall–Kier alpha value is -0.570. The molecule has 1 rings (SSSR count). The standard InChI is InChI=1S/C12H24N2O/c1-9-10(6-7-13-9)11(15)14(5)8-12(2,3)4/h9-10,13H,6-8H2,1-5H3. The lowest BCUT2D eigenvalue weighted by atomic mass is 9.94. The van der Waals surface area contributed by atoms with Crippen molar-refractivity contribution < 1.29 is 4.79 Å². The van der Waals surface area contributed by atoms with Crippen molar-refractivity contribution in [3.63, 3.8) is 0 Å². The molecule has 3 nitrogen and oxygen atoms in total. The second kappa shape index (κ2) is 4.52. The molecule has 1 fully saturated rings. The van der Waals surface area contributed by atoms with Gasteiger partial charge in [-0.25, -0.2) is 0 Å². The summed E-state index contributed by atoms with van der Waals surface area (Å²) < 4.78 is 0. The second-order valence-corrected chi connectivity index (χ2v) is 5.89. The van der Waals surface area contributed by atoms with Gasteiger partial charge >= 0.3 is 0 Å². The number of amides is 1. The molecule has 1 aliphatic rings. The molecule has 1 saturated heterocycles. The van der Waals surface area contributed by atoms with Crippen LogP contribution in [0.15, 0.2) is 0 Å². The first-order chi connectivity index (χ1) is 6.81. The predicted octanol–water partition coefficient (Wildman–Crippen LogP) is 1.49. The number of rotatable bonds is 2. The van der Waals surface area contributed by atoms with Crippen molar-refractivity contribution in [1.82, 2.24) is 10.2 Å². The molecule has 0 aromatic heterocycles. The average molecular weight is 212 g/mol. The first-order valence-electron chi connectivity index (χ1n) is 5.79. The van der Waals surface area contributed by atoms with Crippen molar-refractivity contribution in [3.05, 3.63) is 0 Å². The van der Waals surface area contributed by atoms with Gasteiger partial charge in [0, 0.05) is 19.6 Å². The highest BCUT2D eigenvalue weighted by Crippen LogP contribution is 2.20. The first kappa shape index (κ1) is 12.5. The molecule has 2 unspecified atom stereocenters. The van der Waals surface area contributed by atoms with Crippen LogP contribution in [0, 0.1) is 11.3 Å². The molecule has 2 atom stereocenters. The molecular weight excluding hydrogens is 188 g/mol. The summed E-state index contributed by atoms with van der Waals surface area (Å²) in [5, 5.41) is 3.32. The van der Waals surface area contributed by atoms with Crippen molar-refractivity contribution in [2.75, 3.05) is 20.1 Å². The van der Waals surface area contributed by atoms with Crippen LogP contribution in [-0.4, -0.2) is 37.0 Å². The topological polar surface area (TPSA) is 32.3 Å². The highest BCUT2D eigenvalue weighted by atomic mass is 16.2. The van der Waals surface area contributed by atoms with E-state index in [0.717, 1.165) is 19.5 Å². The molecule has 1 N–H and O–H groups in total. The van der Waals surface area contributed by atoms with Crippen molar-refractivity contribution in [1.29, 1.82) is 0 Å². The van der Waals surface area contributed by atoms with E-state index in [1.807, 2.05) is 11.9 Å². The Morgan fingerprint density at radius 2 is 2.07 bits per heavy atom. The zero-order valence-corrected chi connectivity index (χ0v) is 10.6. The van der Waals surface area contributed by atoms with Crippen LogP contribution in [0.2, 0.25) is 0 Å². The molecule has 1 aliphatic heterocycles. The lowest BCUT2D eigenvalue weighted by Crippen LogP contribution is -2.41. The quantitative estimate of drug-likeness (QED) is 0.752. The summed E-state index contributed by atoms with van der Waals surface area (Å²) >= 11 is 0. The summed E-state index contributed by atoms with van der Waals surface area (Å²) in [5.74, 6) is 0.472. The van der Waals surface area contributed by atoms with Gasteiger partial charge in [-0.1, -0.05) is 20.8 Å². The Morgan fingerprint density at radius 3 is 2.47 bits per heavy atom. The zero-order valence-electron chi connectivity index (χ0n) is 10.6. The number of nitrogens with one attached hydrogen (secondary N) is 1. The molecule has 0 spiro atoms. The largest absolute Gasteiger partial charge is 0.345 e. The van der Waals surface area contributed by atoms with Gasteiger partial charge in [-0.05, 0) is 25.3 Å². The van der Waals surface area contributed by atoms with E-state index in [1.165, 1.54) is 0 Å². The van der Waals surface area contributed by atoms with E-state index in [1.54, 1.807) is 0 Å². The van der Waals surface area contributed by atoms with Crippen molar-refractivity contribution >= 4 is 5.91 Å². The molecule has 3 heteroatoms. The Balaban J connectivity index is 2.52. The molecule has 0 aliphatic carbocycles. The van der Waals surface area contributed by atoms with E-state index in [9.17, 15) is 4.79 Å². The minimum absolute atomic E-state index is 0.178. The molecule has 0 saturated carbocycles. The lowest BCUT2D eigenvalue weighted by Gasteiger charge is -2.29. The third-order valence-corrected chi connectivity index (χ3v) is 2.93. The van der Waals surface area contributed by atoms with Crippen LogP contribution in [0.1, 0.15) is 34.1 Å². The molecule has 15 heavy (non-hydrogen) atoms. The highest BCUT2D eigenvalue weighted by Gasteiger charge is 2.32. The van der Waals surface area contributed by atoms with Crippen molar-refractivity contribution in [2.24, 2.45) is 11.3 Å². The summed E-state index contributed by atoms with van der Waals surface area (Å²) in [6.45, 7) is 10.4. The van der Waals surface area contributed by atoms with Crippen molar-refractivity contribution in [2.45, 2.75) is 40.2 Å². The number of nitrogens with zero attached hydrogens (tertiary/aromatic N) is 1. The van der Waals surface area contributed by atoms with Gasteiger partial charge in [-0.2, -0.15) is 0 Å². The van der Waals surface area contributed by atoms with Gasteiger partial charge in [-0.3, -0.25) is 4.79 Å². The fourth-order valence-electron chi connectivity index (χ4n) is 2.27. The minimum atomic E-state index is 0.178. The maximum Gasteiger partial charge on any atom is 0.227 e. The third-order valence-electron chi connectivity index (χ3n) is 2.93. The van der Waals surface area contributed by atoms with Crippen LogP contribution in [0.5, 0.6) is 0 Å². The van der Waals surface area contributed by atoms with E-state index in [0.29, 0.717) is 11.9 Å². The molecule has 0 radical (unpaired) electrons. The van der Waals surface area contributed by atoms with Crippen LogP contribution in [-0.2, 0) is 4.79 Å². The van der Waals surface area contributed by atoms with Gasteiger partial charge in [0.25, 0.3) is 0 Å². The monoisotopic (exact) mass is 212 g/mol. The molecule has 88 valence electrons. The fourth-order valence-corrected chi connectivity index (χ4v) is 2.27. The normalized spacial score (nSPS) is 26.7. The van der Waals surface area contributed by atoms with Crippen LogP contribution >= 0.6 is 0 Å².